The molecule has 4 heteroatoms. The minimum atomic E-state index is 0.581. The van der Waals surface area contributed by atoms with Gasteiger partial charge in [0.2, 0.25) is 0 Å². The molecule has 2 rings (SSSR count). The van der Waals surface area contributed by atoms with Gasteiger partial charge in [-0.15, -0.1) is 0 Å². The van der Waals surface area contributed by atoms with Gasteiger partial charge in [-0.1, -0.05) is 23.7 Å². The molecule has 0 aliphatic heterocycles. The highest BCUT2D eigenvalue weighted by atomic mass is 35.5. The SMILES string of the molecule is COc1cccc(CNc2cc(C#N)ccc2Cl)c1. The maximum atomic E-state index is 8.87. The lowest BCUT2D eigenvalue weighted by molar-refractivity contribution is 0.414. The first-order chi connectivity index (χ1) is 9.22. The van der Waals surface area contributed by atoms with Crippen LogP contribution in [0.1, 0.15) is 11.1 Å². The first-order valence-electron chi connectivity index (χ1n) is 5.79. The molecule has 0 fully saturated rings. The van der Waals surface area contributed by atoms with Crippen molar-refractivity contribution in [3.05, 3.63) is 58.6 Å². The van der Waals surface area contributed by atoms with Gasteiger partial charge in [-0.2, -0.15) is 5.26 Å². The maximum absolute atomic E-state index is 8.87. The van der Waals surface area contributed by atoms with E-state index in [4.69, 9.17) is 21.6 Å². The highest BCUT2D eigenvalue weighted by Crippen LogP contribution is 2.23. The Hall–Kier alpha value is -2.18. The second-order valence-corrected chi connectivity index (χ2v) is 4.42. The molecule has 3 nitrogen and oxygen atoms in total. The van der Waals surface area contributed by atoms with Gasteiger partial charge in [0.25, 0.3) is 0 Å². The van der Waals surface area contributed by atoms with E-state index in [9.17, 15) is 0 Å². The van der Waals surface area contributed by atoms with Crippen LogP contribution in [0.3, 0.4) is 0 Å². The third-order valence-electron chi connectivity index (χ3n) is 2.71. The summed E-state index contributed by atoms with van der Waals surface area (Å²) in [7, 11) is 1.64. The lowest BCUT2D eigenvalue weighted by Gasteiger charge is -2.09. The molecule has 19 heavy (non-hydrogen) atoms. The zero-order valence-electron chi connectivity index (χ0n) is 10.5. The van der Waals surface area contributed by atoms with Crippen LogP contribution in [-0.2, 0) is 6.54 Å². The molecule has 0 aromatic heterocycles. The van der Waals surface area contributed by atoms with E-state index in [1.165, 1.54) is 0 Å². The van der Waals surface area contributed by atoms with Crippen LogP contribution < -0.4 is 10.1 Å². The topological polar surface area (TPSA) is 45.0 Å². The molecule has 2 aromatic carbocycles. The summed E-state index contributed by atoms with van der Waals surface area (Å²) in [6.07, 6.45) is 0. The summed E-state index contributed by atoms with van der Waals surface area (Å²) in [4.78, 5) is 0. The summed E-state index contributed by atoms with van der Waals surface area (Å²) >= 11 is 6.08. The average molecular weight is 273 g/mol. The fourth-order valence-electron chi connectivity index (χ4n) is 1.71. The van der Waals surface area contributed by atoms with Crippen LogP contribution in [0.15, 0.2) is 42.5 Å². The Labute approximate surface area is 117 Å². The molecule has 0 aliphatic rings. The summed E-state index contributed by atoms with van der Waals surface area (Å²) in [6, 6.07) is 15.0. The lowest BCUT2D eigenvalue weighted by atomic mass is 10.2. The summed E-state index contributed by atoms with van der Waals surface area (Å²) in [5.74, 6) is 0.816. The van der Waals surface area contributed by atoms with E-state index in [1.807, 2.05) is 24.3 Å². The van der Waals surface area contributed by atoms with Crippen LogP contribution in [0.2, 0.25) is 5.02 Å². The molecule has 1 N–H and O–H groups in total. The van der Waals surface area contributed by atoms with E-state index in [0.29, 0.717) is 17.1 Å². The summed E-state index contributed by atoms with van der Waals surface area (Å²) in [5, 5.41) is 12.7. The second-order valence-electron chi connectivity index (χ2n) is 4.01. The Bertz CT molecular complexity index is 620. The molecule has 0 spiro atoms. The van der Waals surface area contributed by atoms with Crippen molar-refractivity contribution in [3.8, 4) is 11.8 Å². The van der Waals surface area contributed by atoms with Gasteiger partial charge in [0.05, 0.1) is 29.5 Å². The standard InChI is InChI=1S/C15H13ClN2O/c1-19-13-4-2-3-12(7-13)10-18-15-8-11(9-17)5-6-14(15)16/h2-8,18H,10H2,1H3. The number of nitrogens with zero attached hydrogens (tertiary/aromatic N) is 1. The Morgan fingerprint density at radius 2 is 2.11 bits per heavy atom. The molecule has 0 radical (unpaired) electrons. The smallest absolute Gasteiger partial charge is 0.119 e. The third kappa shape index (κ3) is 3.40. The van der Waals surface area contributed by atoms with Crippen molar-refractivity contribution in [3.63, 3.8) is 0 Å². The Balaban J connectivity index is 2.12. The molecule has 0 saturated heterocycles. The van der Waals surface area contributed by atoms with Gasteiger partial charge in [-0.05, 0) is 35.9 Å². The van der Waals surface area contributed by atoms with Gasteiger partial charge in [-0.25, -0.2) is 0 Å². The fraction of sp³-hybridized carbons (Fsp3) is 0.133. The number of nitrogens with one attached hydrogen (secondary N) is 1. The first kappa shape index (κ1) is 13.3. The predicted octanol–water partition coefficient (Wildman–Crippen LogP) is 3.83. The van der Waals surface area contributed by atoms with Crippen molar-refractivity contribution in [1.82, 2.24) is 0 Å². The maximum Gasteiger partial charge on any atom is 0.119 e. The lowest BCUT2D eigenvalue weighted by Crippen LogP contribution is -2.00. The van der Waals surface area contributed by atoms with Crippen molar-refractivity contribution < 1.29 is 4.74 Å². The molecule has 96 valence electrons. The molecule has 0 saturated carbocycles. The van der Waals surface area contributed by atoms with Crippen LogP contribution in [-0.4, -0.2) is 7.11 Å². The van der Waals surface area contributed by atoms with E-state index in [-0.39, 0.29) is 0 Å². The Morgan fingerprint density at radius 3 is 2.84 bits per heavy atom. The molecule has 2 aromatic rings. The quantitative estimate of drug-likeness (QED) is 0.920. The van der Waals surface area contributed by atoms with E-state index in [0.717, 1.165) is 17.0 Å². The Kier molecular flexibility index (Phi) is 4.27. The van der Waals surface area contributed by atoms with E-state index in [2.05, 4.69) is 11.4 Å². The van der Waals surface area contributed by atoms with Crippen LogP contribution in [0.5, 0.6) is 5.75 Å². The first-order valence-corrected chi connectivity index (χ1v) is 6.17. The molecule has 0 bridgehead atoms. The zero-order chi connectivity index (χ0) is 13.7. The minimum Gasteiger partial charge on any atom is -0.497 e. The number of methoxy groups -OCH3 is 1. The number of anilines is 1. The number of ether oxygens (including phenoxy) is 1. The van der Waals surface area contributed by atoms with Crippen LogP contribution >= 0.6 is 11.6 Å². The number of rotatable bonds is 4. The van der Waals surface area contributed by atoms with Crippen LogP contribution in [0, 0.1) is 11.3 Å². The van der Waals surface area contributed by atoms with E-state index < -0.39 is 0 Å². The number of halogens is 1. The van der Waals surface area contributed by atoms with Crippen molar-refractivity contribution in [1.29, 1.82) is 5.26 Å². The molecule has 0 heterocycles. The molecule has 0 amide bonds. The minimum absolute atomic E-state index is 0.581. The van der Waals surface area contributed by atoms with Crippen LogP contribution in [0.4, 0.5) is 5.69 Å². The van der Waals surface area contributed by atoms with Gasteiger partial charge in [0.1, 0.15) is 5.75 Å². The number of hydrogen-bond donors (Lipinski definition) is 1. The molecule has 0 atom stereocenters. The monoisotopic (exact) mass is 272 g/mol. The van der Waals surface area contributed by atoms with Crippen molar-refractivity contribution in [2.75, 3.05) is 12.4 Å². The van der Waals surface area contributed by atoms with Gasteiger partial charge in [0.15, 0.2) is 0 Å². The molecule has 0 unspecified atom stereocenters. The van der Waals surface area contributed by atoms with Crippen molar-refractivity contribution in [2.24, 2.45) is 0 Å². The molecule has 0 aliphatic carbocycles. The molecular formula is C15H13ClN2O. The summed E-state index contributed by atoms with van der Waals surface area (Å²) in [5.41, 5.74) is 2.42. The summed E-state index contributed by atoms with van der Waals surface area (Å²) in [6.45, 7) is 0.617. The number of nitriles is 1. The molecular weight excluding hydrogens is 260 g/mol. The fourth-order valence-corrected chi connectivity index (χ4v) is 1.89. The normalized spacial score (nSPS) is 9.74. The van der Waals surface area contributed by atoms with E-state index >= 15 is 0 Å². The zero-order valence-corrected chi connectivity index (χ0v) is 11.2. The Morgan fingerprint density at radius 1 is 1.26 bits per heavy atom. The largest absolute Gasteiger partial charge is 0.497 e. The second kappa shape index (κ2) is 6.12. The predicted molar refractivity (Wildman–Crippen MR) is 76.5 cm³/mol. The number of benzene rings is 2. The highest BCUT2D eigenvalue weighted by molar-refractivity contribution is 6.33. The van der Waals surface area contributed by atoms with Crippen molar-refractivity contribution >= 4 is 17.3 Å². The van der Waals surface area contributed by atoms with Gasteiger partial charge >= 0.3 is 0 Å². The van der Waals surface area contributed by atoms with Gasteiger partial charge < -0.3 is 10.1 Å². The van der Waals surface area contributed by atoms with Crippen molar-refractivity contribution in [2.45, 2.75) is 6.54 Å². The van der Waals surface area contributed by atoms with Crippen LogP contribution in [0.25, 0.3) is 0 Å². The summed E-state index contributed by atoms with van der Waals surface area (Å²) < 4.78 is 5.17. The number of hydrogen-bond acceptors (Lipinski definition) is 3. The third-order valence-corrected chi connectivity index (χ3v) is 3.04. The van der Waals surface area contributed by atoms with E-state index in [1.54, 1.807) is 25.3 Å². The highest BCUT2D eigenvalue weighted by Gasteiger charge is 2.02. The average Bonchev–Trinajstić information content (AvgIpc) is 2.46. The van der Waals surface area contributed by atoms with Gasteiger partial charge in [-0.3, -0.25) is 0 Å². The van der Waals surface area contributed by atoms with Gasteiger partial charge in [0, 0.05) is 6.54 Å².